The van der Waals surface area contributed by atoms with Crippen molar-refractivity contribution in [3.8, 4) is 22.1 Å². The second-order valence-electron chi connectivity index (χ2n) is 5.90. The van der Waals surface area contributed by atoms with Gasteiger partial charge in [0.05, 0.1) is 54.9 Å². The Morgan fingerprint density at radius 2 is 1.85 bits per heavy atom. The van der Waals surface area contributed by atoms with Crippen molar-refractivity contribution >= 4 is 44.3 Å². The van der Waals surface area contributed by atoms with Crippen LogP contribution in [-0.4, -0.2) is 41.2 Å². The van der Waals surface area contributed by atoms with Gasteiger partial charge in [-0.25, -0.2) is 4.98 Å². The van der Waals surface area contributed by atoms with Gasteiger partial charge in [0, 0.05) is 11.6 Å². The smallest absolute Gasteiger partial charge is 0.189 e. The number of fused-ring (bicyclic) bond motifs is 2. The van der Waals surface area contributed by atoms with Gasteiger partial charge in [-0.05, 0) is 12.1 Å². The average molecular weight is 401 g/mol. The van der Waals surface area contributed by atoms with Gasteiger partial charge in [0.15, 0.2) is 6.29 Å². The van der Waals surface area contributed by atoms with E-state index in [4.69, 9.17) is 23.9 Å². The molecular formula is C18H15N3O4S2. The zero-order chi connectivity index (χ0) is 18.4. The summed E-state index contributed by atoms with van der Waals surface area (Å²) in [7, 11) is 3.26. The van der Waals surface area contributed by atoms with Gasteiger partial charge in [0.1, 0.15) is 27.5 Å². The lowest BCUT2D eigenvalue weighted by atomic mass is 10.1. The fourth-order valence-electron chi connectivity index (χ4n) is 3.22. The molecule has 0 bridgehead atoms. The fraction of sp³-hybridized carbons (Fsp3) is 0.278. The van der Waals surface area contributed by atoms with E-state index in [0.717, 1.165) is 37.4 Å². The lowest BCUT2D eigenvalue weighted by Gasteiger charge is -2.15. The summed E-state index contributed by atoms with van der Waals surface area (Å²) < 4.78 is 32.3. The Hall–Kier alpha value is -2.33. The van der Waals surface area contributed by atoms with Crippen LogP contribution in [0.15, 0.2) is 24.3 Å². The minimum atomic E-state index is -0.500. The predicted molar refractivity (Wildman–Crippen MR) is 104 cm³/mol. The normalized spacial score (nSPS) is 15.0. The summed E-state index contributed by atoms with van der Waals surface area (Å²) in [5.74, 6) is 1.34. The highest BCUT2D eigenvalue weighted by atomic mass is 32.1. The maximum absolute atomic E-state index is 5.74. The Labute approximate surface area is 162 Å². The fourth-order valence-corrected chi connectivity index (χ4v) is 4.87. The molecule has 2 aromatic carbocycles. The first kappa shape index (κ1) is 16.8. The van der Waals surface area contributed by atoms with Gasteiger partial charge in [-0.1, -0.05) is 6.07 Å². The standard InChI is InChI=1S/C18H15N3O4S2/c1-22-11-8-12(23-2)16-15(13(11)18-24-6-7-25-18)19-17(26-16)9-4-3-5-10-14(9)21-27-20-10/h3-5,8,18H,6-7H2,1-2H3. The van der Waals surface area contributed by atoms with Crippen molar-refractivity contribution in [3.05, 3.63) is 29.8 Å². The van der Waals surface area contributed by atoms with E-state index in [9.17, 15) is 0 Å². The molecule has 1 aliphatic rings. The first-order valence-electron chi connectivity index (χ1n) is 8.30. The molecule has 0 unspecified atom stereocenters. The number of ether oxygens (including phenoxy) is 4. The van der Waals surface area contributed by atoms with Gasteiger partial charge in [-0.3, -0.25) is 0 Å². The molecule has 138 valence electrons. The quantitative estimate of drug-likeness (QED) is 0.511. The van der Waals surface area contributed by atoms with Crippen LogP contribution in [0, 0.1) is 0 Å². The van der Waals surface area contributed by atoms with Crippen LogP contribution in [-0.2, 0) is 9.47 Å². The molecule has 1 aliphatic heterocycles. The van der Waals surface area contributed by atoms with Gasteiger partial charge < -0.3 is 18.9 Å². The van der Waals surface area contributed by atoms with E-state index in [2.05, 4.69) is 8.75 Å². The maximum Gasteiger partial charge on any atom is 0.189 e. The van der Waals surface area contributed by atoms with E-state index in [1.165, 1.54) is 11.7 Å². The second-order valence-corrected chi connectivity index (χ2v) is 7.43. The molecule has 2 aromatic heterocycles. The van der Waals surface area contributed by atoms with Gasteiger partial charge in [0.25, 0.3) is 0 Å². The lowest BCUT2D eigenvalue weighted by Crippen LogP contribution is -2.03. The highest BCUT2D eigenvalue weighted by Gasteiger charge is 2.29. The molecule has 0 N–H and O–H groups in total. The van der Waals surface area contributed by atoms with E-state index >= 15 is 0 Å². The summed E-state index contributed by atoms with van der Waals surface area (Å²) in [5.41, 5.74) is 4.21. The van der Waals surface area contributed by atoms with Crippen LogP contribution in [0.4, 0.5) is 0 Å². The molecule has 0 saturated carbocycles. The highest BCUT2D eigenvalue weighted by Crippen LogP contribution is 2.46. The van der Waals surface area contributed by atoms with Gasteiger partial charge in [-0.15, -0.1) is 11.3 Å². The minimum Gasteiger partial charge on any atom is -0.496 e. The molecule has 0 aliphatic carbocycles. The number of nitrogens with zero attached hydrogens (tertiary/aromatic N) is 3. The van der Waals surface area contributed by atoms with Crippen LogP contribution < -0.4 is 9.47 Å². The second kappa shape index (κ2) is 6.68. The van der Waals surface area contributed by atoms with Crippen molar-refractivity contribution < 1.29 is 18.9 Å². The van der Waals surface area contributed by atoms with Crippen molar-refractivity contribution in [1.82, 2.24) is 13.7 Å². The number of hydrogen-bond donors (Lipinski definition) is 0. The largest absolute Gasteiger partial charge is 0.496 e. The summed E-state index contributed by atoms with van der Waals surface area (Å²) in [6.07, 6.45) is -0.500. The van der Waals surface area contributed by atoms with Crippen molar-refractivity contribution in [2.45, 2.75) is 6.29 Å². The lowest BCUT2D eigenvalue weighted by molar-refractivity contribution is -0.0444. The summed E-state index contributed by atoms with van der Waals surface area (Å²) in [4.78, 5) is 4.91. The average Bonchev–Trinajstić information content (AvgIpc) is 3.46. The maximum atomic E-state index is 5.74. The molecule has 0 atom stereocenters. The summed E-state index contributed by atoms with van der Waals surface area (Å²) in [5, 5.41) is 0.842. The van der Waals surface area contributed by atoms with Crippen molar-refractivity contribution in [2.24, 2.45) is 0 Å². The molecule has 1 fully saturated rings. The predicted octanol–water partition coefficient (Wildman–Crippen LogP) is 4.03. The highest BCUT2D eigenvalue weighted by molar-refractivity contribution is 7.22. The molecule has 1 saturated heterocycles. The molecule has 27 heavy (non-hydrogen) atoms. The van der Waals surface area contributed by atoms with Gasteiger partial charge in [0.2, 0.25) is 0 Å². The molecule has 0 radical (unpaired) electrons. The summed E-state index contributed by atoms with van der Waals surface area (Å²) in [6.45, 7) is 1.09. The molecule has 0 amide bonds. The van der Waals surface area contributed by atoms with Crippen LogP contribution in [0.25, 0.3) is 31.8 Å². The van der Waals surface area contributed by atoms with Crippen LogP contribution in [0.3, 0.4) is 0 Å². The number of thiazole rings is 1. The topological polar surface area (TPSA) is 75.6 Å². The van der Waals surface area contributed by atoms with E-state index < -0.39 is 6.29 Å². The third-order valence-corrected chi connectivity index (χ3v) is 6.09. The van der Waals surface area contributed by atoms with Crippen molar-refractivity contribution in [1.29, 1.82) is 0 Å². The van der Waals surface area contributed by atoms with E-state index in [1.54, 1.807) is 25.6 Å². The number of rotatable bonds is 4. The molecule has 3 heterocycles. The first-order chi connectivity index (χ1) is 13.3. The van der Waals surface area contributed by atoms with Crippen molar-refractivity contribution in [3.63, 3.8) is 0 Å². The Kier molecular flexibility index (Phi) is 4.16. The number of benzene rings is 2. The third-order valence-electron chi connectivity index (χ3n) is 4.45. The Balaban J connectivity index is 1.79. The zero-order valence-corrected chi connectivity index (χ0v) is 16.2. The van der Waals surface area contributed by atoms with Gasteiger partial charge >= 0.3 is 0 Å². The van der Waals surface area contributed by atoms with Crippen molar-refractivity contribution in [2.75, 3.05) is 27.4 Å². The van der Waals surface area contributed by atoms with E-state index in [-0.39, 0.29) is 0 Å². The molecule has 5 rings (SSSR count). The molecule has 0 spiro atoms. The monoisotopic (exact) mass is 401 g/mol. The van der Waals surface area contributed by atoms with Crippen LogP contribution >= 0.6 is 23.1 Å². The summed E-state index contributed by atoms with van der Waals surface area (Å²) >= 11 is 2.74. The molecule has 7 nitrogen and oxygen atoms in total. The number of methoxy groups -OCH3 is 2. The van der Waals surface area contributed by atoms with Crippen LogP contribution in [0.5, 0.6) is 11.5 Å². The SMILES string of the molecule is COc1cc(OC)c2sc(-c3cccc4nsnc34)nc2c1C1OCCO1. The Bertz CT molecular complexity index is 1130. The number of hydrogen-bond acceptors (Lipinski definition) is 9. The minimum absolute atomic E-state index is 0.500. The van der Waals surface area contributed by atoms with Crippen LogP contribution in [0.2, 0.25) is 0 Å². The molecular weight excluding hydrogens is 386 g/mol. The van der Waals surface area contributed by atoms with E-state index in [1.807, 2.05) is 24.3 Å². The zero-order valence-electron chi connectivity index (χ0n) is 14.6. The molecule has 9 heteroatoms. The molecule has 4 aromatic rings. The first-order valence-corrected chi connectivity index (χ1v) is 9.85. The number of aromatic nitrogens is 3. The Morgan fingerprint density at radius 1 is 1.04 bits per heavy atom. The van der Waals surface area contributed by atoms with Crippen LogP contribution in [0.1, 0.15) is 11.9 Å². The third kappa shape index (κ3) is 2.66. The Morgan fingerprint density at radius 3 is 2.63 bits per heavy atom. The summed E-state index contributed by atoms with van der Waals surface area (Å²) in [6, 6.07) is 7.78. The van der Waals surface area contributed by atoms with E-state index in [0.29, 0.717) is 24.7 Å². The van der Waals surface area contributed by atoms with Gasteiger partial charge in [-0.2, -0.15) is 8.75 Å².